The summed E-state index contributed by atoms with van der Waals surface area (Å²) in [5, 5.41) is 6.23. The van der Waals surface area contributed by atoms with E-state index in [2.05, 4.69) is 17.2 Å². The molecule has 0 unspecified atom stereocenters. The first kappa shape index (κ1) is 16.9. The van der Waals surface area contributed by atoms with E-state index in [9.17, 15) is 4.79 Å². The van der Waals surface area contributed by atoms with Gasteiger partial charge in [-0.05, 0) is 42.3 Å². The molecule has 0 atom stereocenters. The van der Waals surface area contributed by atoms with Crippen LogP contribution in [0.4, 0.5) is 10.5 Å². The van der Waals surface area contributed by atoms with Crippen molar-refractivity contribution in [2.24, 2.45) is 0 Å². The summed E-state index contributed by atoms with van der Waals surface area (Å²) in [6.45, 7) is 6.56. The number of hydrogen-bond acceptors (Lipinski definition) is 2. The fourth-order valence-corrected chi connectivity index (χ4v) is 1.96. The lowest BCUT2D eigenvalue weighted by Gasteiger charge is -2.10. The smallest absolute Gasteiger partial charge is 0.319 e. The summed E-state index contributed by atoms with van der Waals surface area (Å²) in [4.78, 5) is 11.9. The number of hydrogen-bond donors (Lipinski definition) is 2. The molecule has 120 valence electrons. The molecule has 0 radical (unpaired) electrons. The summed E-state index contributed by atoms with van der Waals surface area (Å²) < 4.78 is 5.55. The fraction of sp³-hybridized carbons (Fsp3) is 0.167. The Bertz CT molecular complexity index is 684. The molecule has 2 aromatic rings. The average molecular weight is 331 g/mol. The normalized spacial score (nSPS) is 10.0. The number of urea groups is 1. The molecule has 23 heavy (non-hydrogen) atoms. The lowest BCUT2D eigenvalue weighted by molar-refractivity contribution is 0.251. The zero-order chi connectivity index (χ0) is 16.7. The van der Waals surface area contributed by atoms with Gasteiger partial charge in [-0.25, -0.2) is 4.79 Å². The number of rotatable bonds is 6. The second-order valence-corrected chi connectivity index (χ2v) is 5.64. The van der Waals surface area contributed by atoms with Crippen LogP contribution in [0.5, 0.6) is 5.75 Å². The summed E-state index contributed by atoms with van der Waals surface area (Å²) in [6, 6.07) is 14.3. The molecule has 0 aliphatic rings. The van der Waals surface area contributed by atoms with Gasteiger partial charge in [0.25, 0.3) is 0 Å². The summed E-state index contributed by atoms with van der Waals surface area (Å²) in [5.74, 6) is 0.684. The Kier molecular flexibility index (Phi) is 6.06. The first-order chi connectivity index (χ1) is 11.0. The molecule has 0 heterocycles. The Balaban J connectivity index is 1.86. The molecule has 2 rings (SSSR count). The maximum Gasteiger partial charge on any atom is 0.319 e. The Labute approximate surface area is 141 Å². The van der Waals surface area contributed by atoms with Gasteiger partial charge in [-0.3, -0.25) is 0 Å². The Morgan fingerprint density at radius 2 is 1.96 bits per heavy atom. The van der Waals surface area contributed by atoms with Gasteiger partial charge in [-0.1, -0.05) is 36.4 Å². The van der Waals surface area contributed by atoms with Crippen molar-refractivity contribution < 1.29 is 9.53 Å². The third kappa shape index (κ3) is 6.04. The monoisotopic (exact) mass is 330 g/mol. The molecule has 2 N–H and O–H groups in total. The number of halogens is 1. The van der Waals surface area contributed by atoms with Crippen molar-refractivity contribution in [3.8, 4) is 5.75 Å². The van der Waals surface area contributed by atoms with Crippen LogP contribution in [0.2, 0.25) is 5.02 Å². The van der Waals surface area contributed by atoms with Gasteiger partial charge in [-0.2, -0.15) is 0 Å². The highest BCUT2D eigenvalue weighted by atomic mass is 35.5. The van der Waals surface area contributed by atoms with E-state index in [1.54, 1.807) is 24.3 Å². The van der Waals surface area contributed by atoms with E-state index >= 15 is 0 Å². The molecule has 2 amide bonds. The average Bonchev–Trinajstić information content (AvgIpc) is 2.53. The summed E-state index contributed by atoms with van der Waals surface area (Å²) in [5.41, 5.74) is 2.57. The zero-order valence-electron chi connectivity index (χ0n) is 12.9. The Morgan fingerprint density at radius 3 is 2.65 bits per heavy atom. The van der Waals surface area contributed by atoms with Crippen LogP contribution in [-0.2, 0) is 6.54 Å². The minimum Gasteiger partial charge on any atom is -0.489 e. The minimum absolute atomic E-state index is 0.281. The Morgan fingerprint density at radius 1 is 1.22 bits per heavy atom. The van der Waals surface area contributed by atoms with Gasteiger partial charge in [0.1, 0.15) is 12.4 Å². The molecule has 2 aromatic carbocycles. The molecular formula is C18H19ClN2O2. The summed E-state index contributed by atoms with van der Waals surface area (Å²) in [7, 11) is 0. The zero-order valence-corrected chi connectivity index (χ0v) is 13.7. The second kappa shape index (κ2) is 8.25. The van der Waals surface area contributed by atoms with Crippen molar-refractivity contribution in [2.45, 2.75) is 13.5 Å². The van der Waals surface area contributed by atoms with E-state index in [1.807, 2.05) is 31.2 Å². The van der Waals surface area contributed by atoms with Gasteiger partial charge in [-0.15, -0.1) is 0 Å². The molecule has 4 nitrogen and oxygen atoms in total. The number of ether oxygens (including phenoxy) is 1. The van der Waals surface area contributed by atoms with Gasteiger partial charge >= 0.3 is 6.03 Å². The lowest BCUT2D eigenvalue weighted by atomic mass is 10.2. The maximum absolute atomic E-state index is 11.9. The van der Waals surface area contributed by atoms with Crippen LogP contribution in [0, 0.1) is 0 Å². The number of benzene rings is 2. The van der Waals surface area contributed by atoms with E-state index in [0.29, 0.717) is 29.6 Å². The number of amides is 2. The van der Waals surface area contributed by atoms with Crippen molar-refractivity contribution in [3.63, 3.8) is 0 Å². The standard InChI is InChI=1S/C18H19ClN2O2/c1-13(2)12-23-17-5-3-4-16(10-17)21-18(22)20-11-14-6-8-15(19)9-7-14/h3-10H,1,11-12H2,2H3,(H2,20,21,22). The van der Waals surface area contributed by atoms with E-state index < -0.39 is 0 Å². The second-order valence-electron chi connectivity index (χ2n) is 5.21. The van der Waals surface area contributed by atoms with E-state index in [-0.39, 0.29) is 6.03 Å². The highest BCUT2D eigenvalue weighted by Crippen LogP contribution is 2.17. The van der Waals surface area contributed by atoms with Gasteiger partial charge < -0.3 is 15.4 Å². The quantitative estimate of drug-likeness (QED) is 0.759. The van der Waals surface area contributed by atoms with E-state index in [4.69, 9.17) is 16.3 Å². The predicted octanol–water partition coefficient (Wildman–Crippen LogP) is 4.62. The number of nitrogens with one attached hydrogen (secondary N) is 2. The van der Waals surface area contributed by atoms with Crippen LogP contribution in [0.1, 0.15) is 12.5 Å². The van der Waals surface area contributed by atoms with Crippen LogP contribution in [0.3, 0.4) is 0 Å². The highest BCUT2D eigenvalue weighted by Gasteiger charge is 2.03. The number of carbonyl (C=O) groups excluding carboxylic acids is 1. The van der Waals surface area contributed by atoms with Crippen LogP contribution < -0.4 is 15.4 Å². The lowest BCUT2D eigenvalue weighted by Crippen LogP contribution is -2.28. The van der Waals surface area contributed by atoms with Gasteiger partial charge in [0.05, 0.1) is 0 Å². The molecular weight excluding hydrogens is 312 g/mol. The van der Waals surface area contributed by atoms with Gasteiger partial charge in [0.15, 0.2) is 0 Å². The molecule has 0 spiro atoms. The molecule has 5 heteroatoms. The predicted molar refractivity (Wildman–Crippen MR) is 94.1 cm³/mol. The first-order valence-electron chi connectivity index (χ1n) is 7.19. The molecule has 0 aromatic heterocycles. The van der Waals surface area contributed by atoms with Gasteiger partial charge in [0, 0.05) is 23.3 Å². The van der Waals surface area contributed by atoms with E-state index in [1.165, 1.54) is 0 Å². The van der Waals surface area contributed by atoms with Gasteiger partial charge in [0.2, 0.25) is 0 Å². The number of carbonyl (C=O) groups is 1. The Hall–Kier alpha value is -2.46. The van der Waals surface area contributed by atoms with Crippen molar-refractivity contribution >= 4 is 23.3 Å². The topological polar surface area (TPSA) is 50.4 Å². The molecule has 0 bridgehead atoms. The van der Waals surface area contributed by atoms with Crippen molar-refractivity contribution in [3.05, 3.63) is 71.3 Å². The molecule has 0 aliphatic carbocycles. The molecule has 0 fully saturated rings. The third-order valence-electron chi connectivity index (χ3n) is 2.94. The van der Waals surface area contributed by atoms with Crippen molar-refractivity contribution in [1.82, 2.24) is 5.32 Å². The van der Waals surface area contributed by atoms with Crippen LogP contribution in [-0.4, -0.2) is 12.6 Å². The summed E-state index contributed by atoms with van der Waals surface area (Å²) in [6.07, 6.45) is 0. The van der Waals surface area contributed by atoms with E-state index in [0.717, 1.165) is 11.1 Å². The third-order valence-corrected chi connectivity index (χ3v) is 3.20. The SMILES string of the molecule is C=C(C)COc1cccc(NC(=O)NCc2ccc(Cl)cc2)c1. The molecule has 0 saturated carbocycles. The van der Waals surface area contributed by atoms with Crippen LogP contribution in [0.15, 0.2) is 60.7 Å². The summed E-state index contributed by atoms with van der Waals surface area (Å²) >= 11 is 5.82. The van der Waals surface area contributed by atoms with Crippen molar-refractivity contribution in [1.29, 1.82) is 0 Å². The largest absolute Gasteiger partial charge is 0.489 e. The van der Waals surface area contributed by atoms with Crippen LogP contribution >= 0.6 is 11.6 Å². The molecule has 0 aliphatic heterocycles. The minimum atomic E-state index is -0.281. The van der Waals surface area contributed by atoms with Crippen LogP contribution in [0.25, 0.3) is 0 Å². The highest BCUT2D eigenvalue weighted by molar-refractivity contribution is 6.30. The number of anilines is 1. The van der Waals surface area contributed by atoms with Crippen molar-refractivity contribution in [2.75, 3.05) is 11.9 Å². The maximum atomic E-state index is 11.9. The molecule has 0 saturated heterocycles. The fourth-order valence-electron chi connectivity index (χ4n) is 1.83. The first-order valence-corrected chi connectivity index (χ1v) is 7.57.